The van der Waals surface area contributed by atoms with Gasteiger partial charge in [0.25, 0.3) is 11.8 Å². The topological polar surface area (TPSA) is 112 Å². The Morgan fingerprint density at radius 2 is 1.88 bits per heavy atom. The lowest BCUT2D eigenvalue weighted by atomic mass is 9.88. The van der Waals surface area contributed by atoms with Crippen LogP contribution in [0.15, 0.2) is 16.9 Å². The molecule has 0 radical (unpaired) electrons. The minimum absolute atomic E-state index is 0.0970. The normalized spacial score (nSPS) is 23.3. The second kappa shape index (κ2) is 7.34. The number of fused-ring (bicyclic) bond motifs is 1. The summed E-state index contributed by atoms with van der Waals surface area (Å²) in [5.74, 6) is -6.10. The van der Waals surface area contributed by atoms with Gasteiger partial charge in [0.05, 0.1) is 17.3 Å². The van der Waals surface area contributed by atoms with E-state index in [1.807, 2.05) is 0 Å². The standard InChI is InChI=1S/C22H20F3N3O5/c23-10-5-12(24)11(13(25)6-10)8-26-20(32)15-16-14(29)7-22-3-1-2-4-27(9-22)21(33)17(28(16)22)19(31)18(15)30/h5-6,14,29,31H,1-4,7-9H2,(H,26,32). The minimum Gasteiger partial charge on any atom is -0.503 e. The number of rotatable bonds is 3. The van der Waals surface area contributed by atoms with Gasteiger partial charge in [-0.3, -0.25) is 14.4 Å². The maximum absolute atomic E-state index is 13.9. The van der Waals surface area contributed by atoms with Crippen molar-refractivity contribution < 1.29 is 33.0 Å². The van der Waals surface area contributed by atoms with Crippen LogP contribution in [0.3, 0.4) is 0 Å². The van der Waals surface area contributed by atoms with Crippen LogP contribution < -0.4 is 10.7 Å². The van der Waals surface area contributed by atoms with E-state index in [1.54, 1.807) is 4.90 Å². The first-order valence-electron chi connectivity index (χ1n) is 10.6. The van der Waals surface area contributed by atoms with E-state index in [9.17, 15) is 37.8 Å². The molecule has 174 valence electrons. The number of hydrogen-bond acceptors (Lipinski definition) is 5. The van der Waals surface area contributed by atoms with Crippen LogP contribution in [-0.4, -0.2) is 44.6 Å². The first-order chi connectivity index (χ1) is 15.6. The van der Waals surface area contributed by atoms with Gasteiger partial charge < -0.3 is 25.0 Å². The fourth-order valence-electron chi connectivity index (χ4n) is 5.39. The van der Waals surface area contributed by atoms with Crippen LogP contribution in [0.4, 0.5) is 13.2 Å². The SMILES string of the molecule is O=C(NCc1c(F)cc(F)cc1F)c1c2n3c(c(O)c1=O)C(=O)N1CCCCC3(CC2O)C1. The molecule has 33 heavy (non-hydrogen) atoms. The Morgan fingerprint density at radius 3 is 2.58 bits per heavy atom. The fourth-order valence-corrected chi connectivity index (χ4v) is 5.39. The molecule has 4 heterocycles. The summed E-state index contributed by atoms with van der Waals surface area (Å²) in [5.41, 5.74) is -3.49. The number of carbonyl (C=O) groups is 2. The Morgan fingerprint density at radius 1 is 1.18 bits per heavy atom. The summed E-state index contributed by atoms with van der Waals surface area (Å²) in [6.45, 7) is 0.0288. The van der Waals surface area contributed by atoms with E-state index in [1.165, 1.54) is 4.57 Å². The summed E-state index contributed by atoms with van der Waals surface area (Å²) in [6.07, 6.45) is 0.924. The van der Waals surface area contributed by atoms with Crippen molar-refractivity contribution in [2.45, 2.75) is 43.9 Å². The summed E-state index contributed by atoms with van der Waals surface area (Å²) in [4.78, 5) is 40.5. The third-order valence-electron chi connectivity index (χ3n) is 6.80. The molecule has 0 aliphatic carbocycles. The number of halogens is 3. The van der Waals surface area contributed by atoms with Gasteiger partial charge in [-0.1, -0.05) is 0 Å². The molecule has 5 rings (SSSR count). The van der Waals surface area contributed by atoms with E-state index in [-0.39, 0.29) is 24.4 Å². The van der Waals surface area contributed by atoms with Crippen LogP contribution in [0.25, 0.3) is 0 Å². The number of hydrogen-bond donors (Lipinski definition) is 3. The molecule has 2 bridgehead atoms. The molecule has 2 atom stereocenters. The van der Waals surface area contributed by atoms with Crippen molar-refractivity contribution in [3.05, 3.63) is 62.3 Å². The zero-order valence-electron chi connectivity index (χ0n) is 17.3. The Labute approximate surface area is 185 Å². The van der Waals surface area contributed by atoms with Gasteiger partial charge in [0.2, 0.25) is 5.43 Å². The van der Waals surface area contributed by atoms with E-state index in [2.05, 4.69) is 5.32 Å². The number of nitrogens with zero attached hydrogens (tertiary/aromatic N) is 2. The number of aromatic hydroxyl groups is 1. The lowest BCUT2D eigenvalue weighted by molar-refractivity contribution is 0.0549. The maximum atomic E-state index is 13.9. The number of nitrogens with one attached hydrogen (secondary N) is 1. The van der Waals surface area contributed by atoms with Gasteiger partial charge in [-0.15, -0.1) is 0 Å². The Bertz CT molecular complexity index is 1250. The van der Waals surface area contributed by atoms with E-state index in [0.29, 0.717) is 25.1 Å². The lowest BCUT2D eigenvalue weighted by Gasteiger charge is -2.41. The second-order valence-electron chi connectivity index (χ2n) is 8.78. The maximum Gasteiger partial charge on any atom is 0.274 e. The predicted molar refractivity (Wildman–Crippen MR) is 107 cm³/mol. The van der Waals surface area contributed by atoms with Crippen molar-refractivity contribution in [3.8, 4) is 5.75 Å². The molecule has 1 saturated heterocycles. The molecule has 11 heteroatoms. The highest BCUT2D eigenvalue weighted by Crippen LogP contribution is 2.49. The van der Waals surface area contributed by atoms with E-state index >= 15 is 0 Å². The number of aromatic nitrogens is 1. The largest absolute Gasteiger partial charge is 0.503 e. The molecule has 2 unspecified atom stereocenters. The van der Waals surface area contributed by atoms with Crippen molar-refractivity contribution in [1.82, 2.24) is 14.8 Å². The van der Waals surface area contributed by atoms with Gasteiger partial charge in [-0.25, -0.2) is 13.2 Å². The number of amides is 2. The summed E-state index contributed by atoms with van der Waals surface area (Å²) in [5, 5.41) is 23.7. The van der Waals surface area contributed by atoms with Gasteiger partial charge in [0.1, 0.15) is 23.0 Å². The van der Waals surface area contributed by atoms with Crippen LogP contribution in [0.5, 0.6) is 5.75 Å². The van der Waals surface area contributed by atoms with Crippen LogP contribution in [-0.2, 0) is 12.1 Å². The number of benzene rings is 1. The number of aliphatic hydroxyl groups is 1. The molecule has 3 aliphatic rings. The zero-order valence-corrected chi connectivity index (χ0v) is 17.3. The summed E-state index contributed by atoms with van der Waals surface area (Å²) >= 11 is 0. The number of pyridine rings is 1. The molecule has 1 aromatic heterocycles. The zero-order chi connectivity index (χ0) is 23.7. The molecule has 0 saturated carbocycles. The smallest absolute Gasteiger partial charge is 0.274 e. The van der Waals surface area contributed by atoms with E-state index in [0.717, 1.165) is 12.8 Å². The van der Waals surface area contributed by atoms with Gasteiger partial charge in [-0.2, -0.15) is 0 Å². The first-order valence-corrected chi connectivity index (χ1v) is 10.6. The predicted octanol–water partition coefficient (Wildman–Crippen LogP) is 1.67. The highest BCUT2D eigenvalue weighted by Gasteiger charge is 2.53. The van der Waals surface area contributed by atoms with Gasteiger partial charge in [0.15, 0.2) is 11.4 Å². The lowest BCUT2D eigenvalue weighted by Crippen LogP contribution is -2.52. The summed E-state index contributed by atoms with van der Waals surface area (Å²) < 4.78 is 42.5. The quantitative estimate of drug-likeness (QED) is 0.641. The Hall–Kier alpha value is -3.34. The van der Waals surface area contributed by atoms with Crippen LogP contribution >= 0.6 is 0 Å². The van der Waals surface area contributed by atoms with Crippen LogP contribution in [0.1, 0.15) is 63.9 Å². The third kappa shape index (κ3) is 3.05. The van der Waals surface area contributed by atoms with Crippen molar-refractivity contribution in [3.63, 3.8) is 0 Å². The van der Waals surface area contributed by atoms with Crippen molar-refractivity contribution in [2.75, 3.05) is 13.1 Å². The molecule has 2 amide bonds. The Balaban J connectivity index is 1.61. The van der Waals surface area contributed by atoms with Crippen LogP contribution in [0.2, 0.25) is 0 Å². The molecular weight excluding hydrogens is 443 g/mol. The molecule has 1 spiro atoms. The molecule has 1 fully saturated rings. The third-order valence-corrected chi connectivity index (χ3v) is 6.80. The molecule has 3 N–H and O–H groups in total. The minimum atomic E-state index is -1.26. The highest BCUT2D eigenvalue weighted by molar-refractivity contribution is 6.00. The number of carbonyl (C=O) groups excluding carboxylic acids is 2. The van der Waals surface area contributed by atoms with Crippen molar-refractivity contribution in [1.29, 1.82) is 0 Å². The van der Waals surface area contributed by atoms with E-state index < -0.39 is 69.8 Å². The molecule has 8 nitrogen and oxygen atoms in total. The Kier molecular flexibility index (Phi) is 4.78. The second-order valence-corrected chi connectivity index (χ2v) is 8.78. The highest BCUT2D eigenvalue weighted by atomic mass is 19.1. The van der Waals surface area contributed by atoms with Crippen molar-refractivity contribution in [2.24, 2.45) is 0 Å². The molecular formula is C22H20F3N3O5. The average molecular weight is 463 g/mol. The fraction of sp³-hybridized carbons (Fsp3) is 0.409. The first kappa shape index (κ1) is 21.5. The van der Waals surface area contributed by atoms with Gasteiger partial charge >= 0.3 is 0 Å². The van der Waals surface area contributed by atoms with Crippen molar-refractivity contribution >= 4 is 11.8 Å². The van der Waals surface area contributed by atoms with Gasteiger partial charge in [-0.05, 0) is 19.3 Å². The number of aliphatic hydroxyl groups excluding tert-OH is 1. The molecule has 3 aliphatic heterocycles. The van der Waals surface area contributed by atoms with Gasteiger partial charge in [0, 0.05) is 43.8 Å². The average Bonchev–Trinajstić information content (AvgIpc) is 2.90. The van der Waals surface area contributed by atoms with E-state index in [4.69, 9.17) is 0 Å². The van der Waals surface area contributed by atoms with Crippen LogP contribution in [0, 0.1) is 17.5 Å². The monoisotopic (exact) mass is 463 g/mol. The summed E-state index contributed by atoms with van der Waals surface area (Å²) in [6, 6.07) is 0.918. The summed E-state index contributed by atoms with van der Waals surface area (Å²) in [7, 11) is 0. The molecule has 1 aromatic carbocycles. The molecule has 2 aromatic rings.